The fourth-order valence-corrected chi connectivity index (χ4v) is 1.43. The first-order chi connectivity index (χ1) is 8.82. The molecule has 5 heteroatoms. The number of hydrogen-bond donors (Lipinski definition) is 1. The number of anilines is 1. The van der Waals surface area contributed by atoms with E-state index in [1.807, 2.05) is 6.07 Å². The summed E-state index contributed by atoms with van der Waals surface area (Å²) < 4.78 is 10.6. The lowest BCUT2D eigenvalue weighted by molar-refractivity contribution is 0.143. The first-order valence-electron chi connectivity index (χ1n) is 6.60. The molecule has 0 aliphatic rings. The Morgan fingerprint density at radius 1 is 1.21 bits per heavy atom. The second-order valence-corrected chi connectivity index (χ2v) is 5.81. The number of methoxy groups -OCH3 is 1. The number of hydrogen-bond acceptors (Lipinski definition) is 5. The molecule has 0 spiro atoms. The van der Waals surface area contributed by atoms with Crippen LogP contribution >= 0.6 is 0 Å². The summed E-state index contributed by atoms with van der Waals surface area (Å²) in [6, 6.07) is 2.14. The molecule has 0 atom stereocenters. The zero-order valence-corrected chi connectivity index (χ0v) is 12.8. The number of nitrogens with one attached hydrogen (secondary N) is 1. The van der Waals surface area contributed by atoms with Crippen molar-refractivity contribution in [1.29, 1.82) is 0 Å². The summed E-state index contributed by atoms with van der Waals surface area (Å²) in [4.78, 5) is 8.99. The Balaban J connectivity index is 2.95. The van der Waals surface area contributed by atoms with Crippen LogP contribution in [-0.2, 0) is 10.2 Å². The van der Waals surface area contributed by atoms with E-state index in [0.29, 0.717) is 25.1 Å². The molecule has 19 heavy (non-hydrogen) atoms. The van der Waals surface area contributed by atoms with Gasteiger partial charge in [0.05, 0.1) is 6.61 Å². The largest absolute Gasteiger partial charge is 0.475 e. The summed E-state index contributed by atoms with van der Waals surface area (Å²) in [7, 11) is 1.65. The quantitative estimate of drug-likeness (QED) is 0.803. The molecule has 5 nitrogen and oxygen atoms in total. The molecule has 0 aromatic carbocycles. The predicted molar refractivity (Wildman–Crippen MR) is 76.9 cm³/mol. The van der Waals surface area contributed by atoms with E-state index in [-0.39, 0.29) is 5.41 Å². The van der Waals surface area contributed by atoms with Gasteiger partial charge in [-0.15, -0.1) is 0 Å². The Bertz CT molecular complexity index is 400. The van der Waals surface area contributed by atoms with Crippen molar-refractivity contribution >= 4 is 5.82 Å². The topological polar surface area (TPSA) is 56.3 Å². The lowest BCUT2D eigenvalue weighted by Crippen LogP contribution is -2.20. The van der Waals surface area contributed by atoms with Crippen molar-refractivity contribution < 1.29 is 9.47 Å². The molecule has 0 aliphatic heterocycles. The maximum absolute atomic E-state index is 5.59. The first-order valence-corrected chi connectivity index (χ1v) is 6.60. The molecule has 1 rings (SSSR count). The van der Waals surface area contributed by atoms with E-state index in [9.17, 15) is 0 Å². The Labute approximate surface area is 115 Å². The molecule has 0 radical (unpaired) electrons. The maximum Gasteiger partial charge on any atom is 0.218 e. The molecule has 0 bridgehead atoms. The van der Waals surface area contributed by atoms with Crippen LogP contribution in [0.25, 0.3) is 0 Å². The fourth-order valence-electron chi connectivity index (χ4n) is 1.43. The molecule has 0 aliphatic carbocycles. The third-order valence-electron chi connectivity index (χ3n) is 2.35. The molecule has 1 aromatic rings. The summed E-state index contributed by atoms with van der Waals surface area (Å²) in [5, 5.41) is 3.29. The Kier molecular flexibility index (Phi) is 5.54. The normalized spacial score (nSPS) is 11.7. The highest BCUT2D eigenvalue weighted by Crippen LogP contribution is 2.23. The van der Waals surface area contributed by atoms with Crippen molar-refractivity contribution in [1.82, 2.24) is 9.97 Å². The van der Waals surface area contributed by atoms with E-state index >= 15 is 0 Å². The average Bonchev–Trinajstić information content (AvgIpc) is 2.27. The van der Waals surface area contributed by atoms with Crippen LogP contribution in [0.2, 0.25) is 0 Å². The molecular weight excluding hydrogens is 242 g/mol. The van der Waals surface area contributed by atoms with Crippen LogP contribution in [0.3, 0.4) is 0 Å². The monoisotopic (exact) mass is 267 g/mol. The molecule has 1 aromatic heterocycles. The van der Waals surface area contributed by atoms with Gasteiger partial charge in [-0.25, -0.2) is 4.98 Å². The van der Waals surface area contributed by atoms with E-state index in [2.05, 4.69) is 49.9 Å². The highest BCUT2D eigenvalue weighted by molar-refractivity contribution is 5.40. The van der Waals surface area contributed by atoms with Gasteiger partial charge in [0.15, 0.2) is 0 Å². The average molecular weight is 267 g/mol. The van der Waals surface area contributed by atoms with Gasteiger partial charge < -0.3 is 14.8 Å². The summed E-state index contributed by atoms with van der Waals surface area (Å²) in [5.41, 5.74) is -0.117. The van der Waals surface area contributed by atoms with Crippen LogP contribution in [0.5, 0.6) is 5.88 Å². The van der Waals surface area contributed by atoms with Gasteiger partial charge in [-0.3, -0.25) is 0 Å². The molecule has 0 saturated heterocycles. The van der Waals surface area contributed by atoms with Crippen LogP contribution in [0, 0.1) is 0 Å². The smallest absolute Gasteiger partial charge is 0.218 e. The van der Waals surface area contributed by atoms with Gasteiger partial charge in [-0.2, -0.15) is 4.98 Å². The van der Waals surface area contributed by atoms with Crippen molar-refractivity contribution in [2.45, 2.75) is 46.1 Å². The number of ether oxygens (including phenoxy) is 2. The van der Waals surface area contributed by atoms with Crippen molar-refractivity contribution in [3.8, 4) is 5.88 Å². The van der Waals surface area contributed by atoms with Crippen LogP contribution in [-0.4, -0.2) is 36.3 Å². The summed E-state index contributed by atoms with van der Waals surface area (Å²) in [5.74, 6) is 2.15. The Morgan fingerprint density at radius 3 is 2.42 bits per heavy atom. The fraction of sp³-hybridized carbons (Fsp3) is 0.714. The van der Waals surface area contributed by atoms with Gasteiger partial charge in [-0.1, -0.05) is 20.8 Å². The van der Waals surface area contributed by atoms with Gasteiger partial charge in [0.25, 0.3) is 0 Å². The van der Waals surface area contributed by atoms with Crippen molar-refractivity contribution in [3.05, 3.63) is 11.9 Å². The number of nitrogens with zero attached hydrogens (tertiary/aromatic N) is 2. The van der Waals surface area contributed by atoms with Gasteiger partial charge in [-0.05, 0) is 13.8 Å². The highest BCUT2D eigenvalue weighted by Gasteiger charge is 2.19. The van der Waals surface area contributed by atoms with Gasteiger partial charge >= 0.3 is 0 Å². The lowest BCUT2D eigenvalue weighted by Gasteiger charge is -2.19. The minimum absolute atomic E-state index is 0.117. The zero-order valence-electron chi connectivity index (χ0n) is 12.8. The van der Waals surface area contributed by atoms with E-state index in [1.54, 1.807) is 7.11 Å². The minimum Gasteiger partial charge on any atom is -0.475 e. The first kappa shape index (κ1) is 15.7. The summed E-state index contributed by atoms with van der Waals surface area (Å²) in [6.45, 7) is 11.4. The molecule has 0 saturated carbocycles. The third kappa shape index (κ3) is 5.42. The van der Waals surface area contributed by atoms with E-state index in [4.69, 9.17) is 9.47 Å². The minimum atomic E-state index is -0.117. The van der Waals surface area contributed by atoms with Crippen molar-refractivity contribution in [3.63, 3.8) is 0 Å². The summed E-state index contributed by atoms with van der Waals surface area (Å²) >= 11 is 0. The predicted octanol–water partition coefficient (Wildman–Crippen LogP) is 2.62. The third-order valence-corrected chi connectivity index (χ3v) is 2.35. The zero-order chi connectivity index (χ0) is 14.5. The van der Waals surface area contributed by atoms with Crippen molar-refractivity contribution in [2.24, 2.45) is 0 Å². The molecular formula is C14H25N3O2. The van der Waals surface area contributed by atoms with Crippen LogP contribution < -0.4 is 10.1 Å². The molecule has 108 valence electrons. The standard InChI is InChI=1S/C14H25N3O2/c1-10(2)15-11-9-12(19-8-7-18-6)17-13(16-11)14(3,4)5/h9-10H,7-8H2,1-6H3,(H,15,16,17). The van der Waals surface area contributed by atoms with Crippen LogP contribution in [0.4, 0.5) is 5.82 Å². The summed E-state index contributed by atoms with van der Waals surface area (Å²) in [6.07, 6.45) is 0. The highest BCUT2D eigenvalue weighted by atomic mass is 16.5. The SMILES string of the molecule is COCCOc1cc(NC(C)C)nc(C(C)(C)C)n1. The number of rotatable bonds is 6. The van der Waals surface area contributed by atoms with Crippen LogP contribution in [0.1, 0.15) is 40.4 Å². The van der Waals surface area contributed by atoms with Gasteiger partial charge in [0.2, 0.25) is 5.88 Å². The maximum atomic E-state index is 5.59. The molecule has 0 amide bonds. The number of aromatic nitrogens is 2. The Hall–Kier alpha value is -1.36. The second kappa shape index (κ2) is 6.70. The lowest BCUT2D eigenvalue weighted by atomic mass is 9.96. The van der Waals surface area contributed by atoms with E-state index < -0.39 is 0 Å². The van der Waals surface area contributed by atoms with E-state index in [1.165, 1.54) is 0 Å². The molecule has 1 N–H and O–H groups in total. The van der Waals surface area contributed by atoms with Gasteiger partial charge in [0.1, 0.15) is 18.2 Å². The van der Waals surface area contributed by atoms with Crippen LogP contribution in [0.15, 0.2) is 6.07 Å². The molecule has 0 fully saturated rings. The van der Waals surface area contributed by atoms with E-state index in [0.717, 1.165) is 11.6 Å². The van der Waals surface area contributed by atoms with Crippen molar-refractivity contribution in [2.75, 3.05) is 25.6 Å². The molecule has 0 unspecified atom stereocenters. The Morgan fingerprint density at radius 2 is 1.89 bits per heavy atom. The van der Waals surface area contributed by atoms with Gasteiger partial charge in [0, 0.05) is 24.6 Å². The second-order valence-electron chi connectivity index (χ2n) is 5.81. The molecule has 1 heterocycles.